The molecule has 0 spiro atoms. The van der Waals surface area contributed by atoms with E-state index in [-0.39, 0.29) is 24.5 Å². The second-order valence-electron chi connectivity index (χ2n) is 3.13. The third-order valence-electron chi connectivity index (χ3n) is 2.19. The summed E-state index contributed by atoms with van der Waals surface area (Å²) in [5.41, 5.74) is 0.935. The van der Waals surface area contributed by atoms with Crippen LogP contribution in [0.2, 0.25) is 0 Å². The van der Waals surface area contributed by atoms with Crippen molar-refractivity contribution in [1.82, 2.24) is 0 Å². The van der Waals surface area contributed by atoms with Crippen molar-refractivity contribution in [1.29, 1.82) is 0 Å². The molecule has 1 fully saturated rings. The van der Waals surface area contributed by atoms with E-state index < -0.39 is 4.92 Å². The third-order valence-corrected chi connectivity index (χ3v) is 2.19. The number of rotatable bonds is 3. The molecule has 0 saturated carbocycles. The minimum Gasteiger partial charge on any atom is -0.394 e. The molecule has 1 unspecified atom stereocenters. The minimum atomic E-state index is -0.443. The Morgan fingerprint density at radius 2 is 2.07 bits per heavy atom. The lowest BCUT2D eigenvalue weighted by molar-refractivity contribution is -0.384. The lowest BCUT2D eigenvalue weighted by atomic mass is 10.1. The van der Waals surface area contributed by atoms with Gasteiger partial charge in [0.05, 0.1) is 11.5 Å². The van der Waals surface area contributed by atoms with Gasteiger partial charge >= 0.3 is 0 Å². The van der Waals surface area contributed by atoms with Crippen LogP contribution in [-0.4, -0.2) is 22.7 Å². The van der Waals surface area contributed by atoms with Crippen LogP contribution in [0.5, 0.6) is 0 Å². The van der Waals surface area contributed by atoms with E-state index in [1.165, 1.54) is 12.1 Å². The summed E-state index contributed by atoms with van der Waals surface area (Å²) in [5.74, 6) is 0. The van der Waals surface area contributed by atoms with E-state index in [0.29, 0.717) is 0 Å². The predicted octanol–water partition coefficient (Wildman–Crippen LogP) is 1.03. The molecule has 1 N–H and O–H groups in total. The number of nitrogens with zero attached hydrogens (tertiary/aromatic N) is 1. The fraction of sp³-hybridized carbons (Fsp3) is 0.333. The highest BCUT2D eigenvalue weighted by molar-refractivity contribution is 5.35. The summed E-state index contributed by atoms with van der Waals surface area (Å²) in [7, 11) is 0. The zero-order valence-electron chi connectivity index (χ0n) is 7.29. The minimum absolute atomic E-state index is 0.0122. The highest BCUT2D eigenvalue weighted by Crippen LogP contribution is 2.38. The summed E-state index contributed by atoms with van der Waals surface area (Å²) in [4.78, 5) is 9.91. The molecule has 1 aliphatic rings. The van der Waals surface area contributed by atoms with Crippen LogP contribution in [0, 0.1) is 10.1 Å². The van der Waals surface area contributed by atoms with Crippen molar-refractivity contribution in [2.45, 2.75) is 12.2 Å². The molecule has 5 heteroatoms. The molecule has 0 bridgehead atoms. The van der Waals surface area contributed by atoms with Gasteiger partial charge in [-0.05, 0) is 17.7 Å². The number of aliphatic hydroxyl groups is 1. The van der Waals surface area contributed by atoms with Crippen molar-refractivity contribution in [2.75, 3.05) is 6.61 Å². The SMILES string of the molecule is O=[N+]([O-])c1ccc([C@H]2OC2CO)cc1. The molecule has 1 aromatic rings. The van der Waals surface area contributed by atoms with Gasteiger partial charge < -0.3 is 9.84 Å². The molecule has 5 nitrogen and oxygen atoms in total. The summed E-state index contributed by atoms with van der Waals surface area (Å²) in [6, 6.07) is 6.17. The second kappa shape index (κ2) is 3.36. The topological polar surface area (TPSA) is 75.9 Å². The number of hydrogen-bond acceptors (Lipinski definition) is 4. The van der Waals surface area contributed by atoms with Crippen molar-refractivity contribution in [2.24, 2.45) is 0 Å². The maximum Gasteiger partial charge on any atom is 0.269 e. The Hall–Kier alpha value is -1.46. The standard InChI is InChI=1S/C9H9NO4/c11-5-8-9(14-8)6-1-3-7(4-2-6)10(12)13/h1-4,8-9,11H,5H2/t8?,9-/m1/s1. The average molecular weight is 195 g/mol. The van der Waals surface area contributed by atoms with Gasteiger partial charge in [0.15, 0.2) is 0 Å². The van der Waals surface area contributed by atoms with Gasteiger partial charge in [-0.1, -0.05) is 0 Å². The van der Waals surface area contributed by atoms with Crippen LogP contribution in [-0.2, 0) is 4.74 Å². The number of nitro benzene ring substituents is 1. The Kier molecular flexibility index (Phi) is 2.18. The zero-order chi connectivity index (χ0) is 10.1. The summed E-state index contributed by atoms with van der Waals surface area (Å²) in [5, 5.41) is 19.1. The Labute approximate surface area is 80.1 Å². The quantitative estimate of drug-likeness (QED) is 0.444. The van der Waals surface area contributed by atoms with Crippen molar-refractivity contribution in [3.63, 3.8) is 0 Å². The predicted molar refractivity (Wildman–Crippen MR) is 47.8 cm³/mol. The number of epoxide rings is 1. The molecule has 14 heavy (non-hydrogen) atoms. The number of nitro groups is 1. The molecule has 1 heterocycles. The first-order chi connectivity index (χ1) is 6.72. The van der Waals surface area contributed by atoms with Gasteiger partial charge in [0.25, 0.3) is 5.69 Å². The lowest BCUT2D eigenvalue weighted by Gasteiger charge is -1.94. The Morgan fingerprint density at radius 3 is 2.50 bits per heavy atom. The summed E-state index contributed by atoms with van der Waals surface area (Å²) >= 11 is 0. The molecule has 1 saturated heterocycles. The van der Waals surface area contributed by atoms with Gasteiger partial charge in [-0.25, -0.2) is 0 Å². The lowest BCUT2D eigenvalue weighted by Crippen LogP contribution is -1.94. The van der Waals surface area contributed by atoms with Crippen LogP contribution in [0.25, 0.3) is 0 Å². The number of aliphatic hydroxyl groups excluding tert-OH is 1. The molecular formula is C9H9NO4. The first kappa shape index (κ1) is 9.11. The van der Waals surface area contributed by atoms with E-state index in [9.17, 15) is 10.1 Å². The van der Waals surface area contributed by atoms with E-state index in [0.717, 1.165) is 5.56 Å². The molecule has 0 aliphatic carbocycles. The average Bonchev–Trinajstić information content (AvgIpc) is 2.97. The van der Waals surface area contributed by atoms with Gasteiger partial charge in [0, 0.05) is 12.1 Å². The summed E-state index contributed by atoms with van der Waals surface area (Å²) < 4.78 is 5.13. The van der Waals surface area contributed by atoms with Crippen LogP contribution < -0.4 is 0 Å². The highest BCUT2D eigenvalue weighted by atomic mass is 16.6. The van der Waals surface area contributed by atoms with E-state index in [4.69, 9.17) is 9.84 Å². The van der Waals surface area contributed by atoms with Crippen molar-refractivity contribution >= 4 is 5.69 Å². The first-order valence-electron chi connectivity index (χ1n) is 4.23. The van der Waals surface area contributed by atoms with E-state index in [2.05, 4.69) is 0 Å². The smallest absolute Gasteiger partial charge is 0.269 e. The molecule has 0 amide bonds. The molecule has 0 aromatic heterocycles. The number of ether oxygens (including phenoxy) is 1. The van der Waals surface area contributed by atoms with Gasteiger partial charge in [-0.2, -0.15) is 0 Å². The monoisotopic (exact) mass is 195 g/mol. The van der Waals surface area contributed by atoms with Gasteiger partial charge in [-0.3, -0.25) is 10.1 Å². The second-order valence-corrected chi connectivity index (χ2v) is 3.13. The zero-order valence-corrected chi connectivity index (χ0v) is 7.29. The van der Waals surface area contributed by atoms with Crippen LogP contribution in [0.1, 0.15) is 11.7 Å². The highest BCUT2D eigenvalue weighted by Gasteiger charge is 2.39. The van der Waals surface area contributed by atoms with E-state index in [1.54, 1.807) is 12.1 Å². The summed E-state index contributed by atoms with van der Waals surface area (Å²) in [6.07, 6.45) is -0.239. The van der Waals surface area contributed by atoms with Crippen molar-refractivity contribution in [3.05, 3.63) is 39.9 Å². The molecule has 2 atom stereocenters. The van der Waals surface area contributed by atoms with Crippen LogP contribution in [0.4, 0.5) is 5.69 Å². The van der Waals surface area contributed by atoms with Gasteiger partial charge in [-0.15, -0.1) is 0 Å². The van der Waals surface area contributed by atoms with Crippen molar-refractivity contribution in [3.8, 4) is 0 Å². The van der Waals surface area contributed by atoms with Gasteiger partial charge in [0.1, 0.15) is 12.2 Å². The molecule has 1 aliphatic heterocycles. The largest absolute Gasteiger partial charge is 0.394 e. The van der Waals surface area contributed by atoms with E-state index >= 15 is 0 Å². The van der Waals surface area contributed by atoms with Gasteiger partial charge in [0.2, 0.25) is 0 Å². The third kappa shape index (κ3) is 1.59. The van der Waals surface area contributed by atoms with Crippen LogP contribution in [0.15, 0.2) is 24.3 Å². The molecule has 74 valence electrons. The molecule has 1 aromatic carbocycles. The number of benzene rings is 1. The number of non-ortho nitro benzene ring substituents is 1. The number of hydrogen-bond donors (Lipinski definition) is 1. The van der Waals surface area contributed by atoms with Crippen LogP contribution in [0.3, 0.4) is 0 Å². The molecule has 2 rings (SSSR count). The normalized spacial score (nSPS) is 24.6. The van der Waals surface area contributed by atoms with E-state index in [1.807, 2.05) is 0 Å². The van der Waals surface area contributed by atoms with Crippen LogP contribution >= 0.6 is 0 Å². The Morgan fingerprint density at radius 1 is 1.43 bits per heavy atom. The Balaban J connectivity index is 2.11. The maximum absolute atomic E-state index is 10.4. The molecule has 0 radical (unpaired) electrons. The Bertz CT molecular complexity index is 348. The van der Waals surface area contributed by atoms with Crippen molar-refractivity contribution < 1.29 is 14.8 Å². The summed E-state index contributed by atoms with van der Waals surface area (Å²) in [6.45, 7) is -0.0122. The molecular weight excluding hydrogens is 186 g/mol. The maximum atomic E-state index is 10.4. The fourth-order valence-electron chi connectivity index (χ4n) is 1.36. The first-order valence-corrected chi connectivity index (χ1v) is 4.23. The fourth-order valence-corrected chi connectivity index (χ4v) is 1.36.